The topological polar surface area (TPSA) is 24.1 Å². The molecule has 0 saturated carbocycles. The van der Waals surface area contributed by atoms with Crippen LogP contribution in [-0.4, -0.2) is 19.8 Å². The van der Waals surface area contributed by atoms with Crippen LogP contribution in [0.4, 0.5) is 0 Å². The molecule has 0 aliphatic rings. The molecule has 0 rings (SSSR count). The Bertz CT molecular complexity index is 83.7. The maximum absolute atomic E-state index is 3.36. The summed E-state index contributed by atoms with van der Waals surface area (Å²) in [4.78, 5) is 0. The van der Waals surface area contributed by atoms with E-state index in [4.69, 9.17) is 0 Å². The predicted molar refractivity (Wildman–Crippen MR) is 46.0 cm³/mol. The lowest BCUT2D eigenvalue weighted by molar-refractivity contribution is 0.343. The van der Waals surface area contributed by atoms with Gasteiger partial charge in [-0.15, -0.1) is 0 Å². The van der Waals surface area contributed by atoms with E-state index in [1.165, 1.54) is 0 Å². The smallest absolute Gasteiger partial charge is 0.0540 e. The number of hydrogen-bond acceptors (Lipinski definition) is 2. The summed E-state index contributed by atoms with van der Waals surface area (Å²) in [5.41, 5.74) is 0.380. The highest BCUT2D eigenvalue weighted by Crippen LogP contribution is 2.10. The maximum atomic E-state index is 3.36. The molecule has 2 N–H and O–H groups in total. The minimum atomic E-state index is 0.380. The lowest BCUT2D eigenvalue weighted by atomic mass is 9.97. The molecule has 0 fully saturated rings. The van der Waals surface area contributed by atoms with E-state index in [0.29, 0.717) is 11.6 Å². The number of hydrogen-bond donors (Lipinski definition) is 2. The van der Waals surface area contributed by atoms with Gasteiger partial charge in [0.05, 0.1) is 6.17 Å². The van der Waals surface area contributed by atoms with E-state index in [2.05, 4.69) is 38.3 Å². The lowest BCUT2D eigenvalue weighted by Crippen LogP contribution is -2.41. The summed E-state index contributed by atoms with van der Waals surface area (Å²) in [5.74, 6) is 0. The zero-order valence-electron chi connectivity index (χ0n) is 7.78. The molecule has 1 atom stereocenters. The fourth-order valence-corrected chi connectivity index (χ4v) is 0.561. The molecule has 10 heavy (non-hydrogen) atoms. The second-order valence-electron chi connectivity index (χ2n) is 3.95. The van der Waals surface area contributed by atoms with Crippen molar-refractivity contribution in [2.45, 2.75) is 33.9 Å². The molecular weight excluding hydrogens is 124 g/mol. The van der Waals surface area contributed by atoms with Crippen LogP contribution in [0.15, 0.2) is 0 Å². The van der Waals surface area contributed by atoms with Crippen molar-refractivity contribution >= 4 is 0 Å². The Hall–Kier alpha value is -0.0800. The Morgan fingerprint density at radius 2 is 1.80 bits per heavy atom. The van der Waals surface area contributed by atoms with E-state index in [1.54, 1.807) is 0 Å². The van der Waals surface area contributed by atoms with Gasteiger partial charge in [0.2, 0.25) is 0 Å². The molecular formula is C8H20N2. The molecule has 0 radical (unpaired) electrons. The summed E-state index contributed by atoms with van der Waals surface area (Å²) < 4.78 is 0. The van der Waals surface area contributed by atoms with Crippen molar-refractivity contribution in [2.75, 3.05) is 13.6 Å². The third-order valence-electron chi connectivity index (χ3n) is 1.37. The first kappa shape index (κ1) is 9.92. The molecule has 0 aromatic carbocycles. The quantitative estimate of drug-likeness (QED) is 0.581. The summed E-state index contributed by atoms with van der Waals surface area (Å²) in [6.07, 6.45) is 0.416. The van der Waals surface area contributed by atoms with Crippen LogP contribution >= 0.6 is 0 Å². The molecule has 0 amide bonds. The molecule has 0 saturated heterocycles. The van der Waals surface area contributed by atoms with Crippen LogP contribution in [0, 0.1) is 5.41 Å². The molecule has 2 nitrogen and oxygen atoms in total. The average molecular weight is 144 g/mol. The summed E-state index contributed by atoms with van der Waals surface area (Å²) in [6.45, 7) is 9.84. The first-order chi connectivity index (χ1) is 4.45. The second-order valence-corrected chi connectivity index (χ2v) is 3.95. The van der Waals surface area contributed by atoms with Crippen molar-refractivity contribution in [3.8, 4) is 0 Å². The normalized spacial score (nSPS) is 15.3. The van der Waals surface area contributed by atoms with Gasteiger partial charge in [0.25, 0.3) is 0 Å². The van der Waals surface area contributed by atoms with Crippen molar-refractivity contribution in [3.05, 3.63) is 0 Å². The van der Waals surface area contributed by atoms with Crippen LogP contribution in [0.25, 0.3) is 0 Å². The van der Waals surface area contributed by atoms with Crippen molar-refractivity contribution in [3.63, 3.8) is 0 Å². The van der Waals surface area contributed by atoms with Gasteiger partial charge in [-0.05, 0) is 19.4 Å². The van der Waals surface area contributed by atoms with Crippen LogP contribution in [0.2, 0.25) is 0 Å². The Balaban J connectivity index is 3.36. The zero-order chi connectivity index (χ0) is 8.20. The number of nitrogens with one attached hydrogen (secondary N) is 2. The van der Waals surface area contributed by atoms with E-state index in [-0.39, 0.29) is 0 Å². The zero-order valence-corrected chi connectivity index (χ0v) is 7.78. The average Bonchev–Trinajstić information content (AvgIpc) is 1.81. The van der Waals surface area contributed by atoms with Gasteiger partial charge in [-0.3, -0.25) is 0 Å². The SMILES string of the molecule is CNC(C)NCC(C)(C)C. The largest absolute Gasteiger partial charge is 0.305 e. The Morgan fingerprint density at radius 1 is 1.30 bits per heavy atom. The van der Waals surface area contributed by atoms with Crippen molar-refractivity contribution in [1.82, 2.24) is 10.6 Å². The molecule has 0 heterocycles. The first-order valence-electron chi connectivity index (χ1n) is 3.86. The van der Waals surface area contributed by atoms with Gasteiger partial charge < -0.3 is 10.6 Å². The molecule has 62 valence electrons. The summed E-state index contributed by atoms with van der Waals surface area (Å²) in [7, 11) is 1.96. The van der Waals surface area contributed by atoms with Crippen LogP contribution in [-0.2, 0) is 0 Å². The first-order valence-corrected chi connectivity index (χ1v) is 3.86. The molecule has 0 aliphatic carbocycles. The highest BCUT2D eigenvalue weighted by molar-refractivity contribution is 4.66. The Kier molecular flexibility index (Phi) is 3.91. The molecule has 0 aromatic rings. The van der Waals surface area contributed by atoms with Crippen molar-refractivity contribution in [1.29, 1.82) is 0 Å². The van der Waals surface area contributed by atoms with Gasteiger partial charge in [-0.2, -0.15) is 0 Å². The third kappa shape index (κ3) is 6.05. The highest BCUT2D eigenvalue weighted by atomic mass is 15.1. The molecule has 0 spiro atoms. The maximum Gasteiger partial charge on any atom is 0.0540 e. The minimum Gasteiger partial charge on any atom is -0.305 e. The van der Waals surface area contributed by atoms with E-state index in [9.17, 15) is 0 Å². The van der Waals surface area contributed by atoms with Gasteiger partial charge in [0, 0.05) is 6.54 Å². The van der Waals surface area contributed by atoms with Crippen LogP contribution in [0.5, 0.6) is 0 Å². The van der Waals surface area contributed by atoms with Gasteiger partial charge in [0.15, 0.2) is 0 Å². The second kappa shape index (κ2) is 3.94. The fourth-order valence-electron chi connectivity index (χ4n) is 0.561. The summed E-state index contributed by atoms with van der Waals surface area (Å²) >= 11 is 0. The fraction of sp³-hybridized carbons (Fsp3) is 1.00. The van der Waals surface area contributed by atoms with Gasteiger partial charge in [-0.25, -0.2) is 0 Å². The molecule has 1 unspecified atom stereocenters. The van der Waals surface area contributed by atoms with E-state index in [0.717, 1.165) is 6.54 Å². The van der Waals surface area contributed by atoms with Gasteiger partial charge in [0.1, 0.15) is 0 Å². The van der Waals surface area contributed by atoms with Gasteiger partial charge in [-0.1, -0.05) is 20.8 Å². The third-order valence-corrected chi connectivity index (χ3v) is 1.37. The van der Waals surface area contributed by atoms with E-state index >= 15 is 0 Å². The Morgan fingerprint density at radius 3 is 2.10 bits per heavy atom. The van der Waals surface area contributed by atoms with E-state index in [1.807, 2.05) is 7.05 Å². The number of rotatable bonds is 3. The molecule has 0 aromatic heterocycles. The Labute approximate surface area is 64.4 Å². The molecule has 0 aliphatic heterocycles. The lowest BCUT2D eigenvalue weighted by Gasteiger charge is -2.22. The van der Waals surface area contributed by atoms with Crippen LogP contribution in [0.1, 0.15) is 27.7 Å². The van der Waals surface area contributed by atoms with Crippen LogP contribution < -0.4 is 10.6 Å². The minimum absolute atomic E-state index is 0.380. The molecule has 0 bridgehead atoms. The van der Waals surface area contributed by atoms with Crippen LogP contribution in [0.3, 0.4) is 0 Å². The highest BCUT2D eigenvalue weighted by Gasteiger charge is 2.09. The summed E-state index contributed by atoms with van der Waals surface area (Å²) in [6, 6.07) is 0. The molecule has 2 heteroatoms. The van der Waals surface area contributed by atoms with Gasteiger partial charge >= 0.3 is 0 Å². The van der Waals surface area contributed by atoms with Crippen molar-refractivity contribution in [2.24, 2.45) is 5.41 Å². The van der Waals surface area contributed by atoms with E-state index < -0.39 is 0 Å². The summed E-state index contributed by atoms with van der Waals surface area (Å²) in [5, 5.41) is 6.49. The van der Waals surface area contributed by atoms with Crippen molar-refractivity contribution < 1.29 is 0 Å². The predicted octanol–water partition coefficient (Wildman–Crippen LogP) is 1.19. The standard InChI is InChI=1S/C8H20N2/c1-7(9-5)10-6-8(2,3)4/h7,9-10H,6H2,1-5H3. The monoisotopic (exact) mass is 144 g/mol.